The van der Waals surface area contributed by atoms with Crippen molar-refractivity contribution in [2.75, 3.05) is 23.3 Å². The first kappa shape index (κ1) is 17.0. The van der Waals surface area contributed by atoms with Crippen LogP contribution in [0.2, 0.25) is 0 Å². The van der Waals surface area contributed by atoms with Gasteiger partial charge in [0, 0.05) is 25.2 Å². The summed E-state index contributed by atoms with van der Waals surface area (Å²) in [6, 6.07) is 3.50. The van der Waals surface area contributed by atoms with Gasteiger partial charge in [-0.2, -0.15) is 13.2 Å². The molecule has 132 valence electrons. The molecule has 0 aromatic carbocycles. The third kappa shape index (κ3) is 3.82. The highest BCUT2D eigenvalue weighted by Gasteiger charge is 2.43. The first-order valence-electron chi connectivity index (χ1n) is 8.52. The van der Waals surface area contributed by atoms with E-state index in [1.807, 2.05) is 0 Å². The first-order chi connectivity index (χ1) is 11.4. The van der Waals surface area contributed by atoms with Crippen molar-refractivity contribution in [3.63, 3.8) is 0 Å². The monoisotopic (exact) mass is 341 g/mol. The van der Waals surface area contributed by atoms with Crippen LogP contribution in [0.15, 0.2) is 18.3 Å². The molecule has 2 atom stereocenters. The Bertz CT molecular complexity index is 585. The number of nitrogens with one attached hydrogen (secondary N) is 1. The molecular weight excluding hydrogens is 319 g/mol. The Labute approximate surface area is 139 Å². The zero-order chi connectivity index (χ0) is 17.2. The van der Waals surface area contributed by atoms with Gasteiger partial charge in [-0.15, -0.1) is 0 Å². The number of hydrogen-bond acceptors (Lipinski definition) is 3. The number of rotatable bonds is 3. The van der Waals surface area contributed by atoms with Gasteiger partial charge in [0.2, 0.25) is 5.91 Å². The summed E-state index contributed by atoms with van der Waals surface area (Å²) in [5.74, 6) is -1.56. The van der Waals surface area contributed by atoms with E-state index in [-0.39, 0.29) is 18.7 Å². The predicted molar refractivity (Wildman–Crippen MR) is 85.8 cm³/mol. The molecule has 4 nitrogen and oxygen atoms in total. The van der Waals surface area contributed by atoms with Crippen LogP contribution < -0.4 is 10.2 Å². The number of alkyl halides is 3. The number of carbonyl (C=O) groups excluding carboxylic acids is 1. The maximum absolute atomic E-state index is 12.9. The topological polar surface area (TPSA) is 45.2 Å². The summed E-state index contributed by atoms with van der Waals surface area (Å²) in [5, 5.41) is 2.82. The van der Waals surface area contributed by atoms with E-state index in [9.17, 15) is 18.0 Å². The van der Waals surface area contributed by atoms with E-state index >= 15 is 0 Å². The smallest absolute Gasteiger partial charge is 0.355 e. The van der Waals surface area contributed by atoms with Crippen molar-refractivity contribution in [2.45, 2.75) is 44.7 Å². The number of anilines is 2. The van der Waals surface area contributed by atoms with Crippen molar-refractivity contribution in [2.24, 2.45) is 11.8 Å². The van der Waals surface area contributed by atoms with E-state index in [2.05, 4.69) is 15.2 Å². The molecular formula is C17H22F3N3O. The molecule has 0 radical (unpaired) electrons. The highest BCUT2D eigenvalue weighted by Crippen LogP contribution is 2.40. The molecule has 0 bridgehead atoms. The third-order valence-corrected chi connectivity index (χ3v) is 4.96. The Morgan fingerprint density at radius 1 is 1.21 bits per heavy atom. The van der Waals surface area contributed by atoms with Crippen LogP contribution in [-0.2, 0) is 4.79 Å². The van der Waals surface area contributed by atoms with Crippen LogP contribution in [0.25, 0.3) is 0 Å². The van der Waals surface area contributed by atoms with Crippen LogP contribution in [-0.4, -0.2) is 30.2 Å². The lowest BCUT2D eigenvalue weighted by Gasteiger charge is -2.30. The molecule has 1 aromatic rings. The van der Waals surface area contributed by atoms with Crippen molar-refractivity contribution in [1.82, 2.24) is 4.98 Å². The largest absolute Gasteiger partial charge is 0.391 e. The zero-order valence-electron chi connectivity index (χ0n) is 13.5. The maximum Gasteiger partial charge on any atom is 0.391 e. The van der Waals surface area contributed by atoms with Gasteiger partial charge >= 0.3 is 6.18 Å². The van der Waals surface area contributed by atoms with Gasteiger partial charge in [0.05, 0.1) is 11.6 Å². The van der Waals surface area contributed by atoms with Crippen LogP contribution in [0, 0.1) is 11.8 Å². The van der Waals surface area contributed by atoms with Gasteiger partial charge < -0.3 is 10.2 Å². The Balaban J connectivity index is 1.69. The Kier molecular flexibility index (Phi) is 4.96. The molecule has 1 aromatic heterocycles. The number of amides is 1. The van der Waals surface area contributed by atoms with E-state index in [0.717, 1.165) is 25.9 Å². The number of pyridine rings is 1. The number of aromatic nitrogens is 1. The zero-order valence-corrected chi connectivity index (χ0v) is 13.5. The van der Waals surface area contributed by atoms with Crippen molar-refractivity contribution >= 4 is 17.4 Å². The minimum absolute atomic E-state index is 0.116. The third-order valence-electron chi connectivity index (χ3n) is 4.96. The molecule has 2 aliphatic rings. The van der Waals surface area contributed by atoms with Crippen molar-refractivity contribution in [3.05, 3.63) is 18.3 Å². The van der Waals surface area contributed by atoms with Crippen LogP contribution >= 0.6 is 0 Å². The van der Waals surface area contributed by atoms with Gasteiger partial charge in [-0.1, -0.05) is 6.42 Å². The molecule has 7 heteroatoms. The van der Waals surface area contributed by atoms with Gasteiger partial charge in [-0.25, -0.2) is 4.98 Å². The van der Waals surface area contributed by atoms with E-state index in [1.54, 1.807) is 18.3 Å². The lowest BCUT2D eigenvalue weighted by Crippen LogP contribution is -2.34. The lowest BCUT2D eigenvalue weighted by molar-refractivity contribution is -0.185. The SMILES string of the molecule is O=C(Nc1cccnc1N1CCCC1)C1CCCC(C(F)(F)F)C1. The summed E-state index contributed by atoms with van der Waals surface area (Å²) in [5.41, 5.74) is 0.596. The average Bonchev–Trinajstić information content (AvgIpc) is 3.09. The van der Waals surface area contributed by atoms with Crippen LogP contribution in [0.1, 0.15) is 38.5 Å². The standard InChI is InChI=1S/C17H22F3N3O/c18-17(19,20)13-6-3-5-12(11-13)16(24)22-14-7-4-8-21-15(14)23-9-1-2-10-23/h4,7-8,12-13H,1-3,5-6,9-11H2,(H,22,24). The van der Waals surface area contributed by atoms with Gasteiger partial charge in [0.15, 0.2) is 5.82 Å². The molecule has 24 heavy (non-hydrogen) atoms. The minimum Gasteiger partial charge on any atom is -0.355 e. The van der Waals surface area contributed by atoms with Gasteiger partial charge in [-0.3, -0.25) is 4.79 Å². The molecule has 0 spiro atoms. The van der Waals surface area contributed by atoms with Gasteiger partial charge in [-0.05, 0) is 44.2 Å². The second kappa shape index (κ2) is 6.99. The Hall–Kier alpha value is -1.79. The van der Waals surface area contributed by atoms with E-state index in [4.69, 9.17) is 0 Å². The fourth-order valence-corrected chi connectivity index (χ4v) is 3.64. The lowest BCUT2D eigenvalue weighted by atomic mass is 9.80. The Morgan fingerprint density at radius 3 is 2.67 bits per heavy atom. The number of halogens is 3. The average molecular weight is 341 g/mol. The van der Waals surface area contributed by atoms with Crippen molar-refractivity contribution in [3.8, 4) is 0 Å². The van der Waals surface area contributed by atoms with Crippen molar-refractivity contribution < 1.29 is 18.0 Å². The first-order valence-corrected chi connectivity index (χ1v) is 8.52. The summed E-state index contributed by atoms with van der Waals surface area (Å²) in [7, 11) is 0. The van der Waals surface area contributed by atoms with Crippen LogP contribution in [0.3, 0.4) is 0 Å². The molecule has 1 N–H and O–H groups in total. The molecule has 1 amide bonds. The van der Waals surface area contributed by atoms with Gasteiger partial charge in [0.1, 0.15) is 0 Å². The fraction of sp³-hybridized carbons (Fsp3) is 0.647. The molecule has 3 rings (SSSR count). The summed E-state index contributed by atoms with van der Waals surface area (Å²) < 4.78 is 38.8. The molecule has 2 fully saturated rings. The number of nitrogens with zero attached hydrogens (tertiary/aromatic N) is 2. The van der Waals surface area contributed by atoms with Crippen LogP contribution in [0.4, 0.5) is 24.7 Å². The molecule has 1 saturated heterocycles. The van der Waals surface area contributed by atoms with Crippen molar-refractivity contribution in [1.29, 1.82) is 0 Å². The normalized spacial score (nSPS) is 24.9. The molecule has 1 saturated carbocycles. The highest BCUT2D eigenvalue weighted by atomic mass is 19.4. The van der Waals surface area contributed by atoms with Crippen LogP contribution in [0.5, 0.6) is 0 Å². The second-order valence-corrected chi connectivity index (χ2v) is 6.66. The maximum atomic E-state index is 12.9. The highest BCUT2D eigenvalue weighted by molar-refractivity contribution is 5.95. The molecule has 2 heterocycles. The summed E-state index contributed by atoms with van der Waals surface area (Å²) in [4.78, 5) is 18.9. The molecule has 2 unspecified atom stereocenters. The van der Waals surface area contributed by atoms with E-state index in [1.165, 1.54) is 0 Å². The summed E-state index contributed by atoms with van der Waals surface area (Å²) in [6.45, 7) is 1.78. The second-order valence-electron chi connectivity index (χ2n) is 6.66. The summed E-state index contributed by atoms with van der Waals surface area (Å²) in [6.07, 6.45) is 0.580. The minimum atomic E-state index is -4.21. The number of carbonyl (C=O) groups is 1. The van der Waals surface area contributed by atoms with E-state index in [0.29, 0.717) is 24.3 Å². The molecule has 1 aliphatic heterocycles. The van der Waals surface area contributed by atoms with Gasteiger partial charge in [0.25, 0.3) is 0 Å². The summed E-state index contributed by atoms with van der Waals surface area (Å²) >= 11 is 0. The Morgan fingerprint density at radius 2 is 1.96 bits per heavy atom. The predicted octanol–water partition coefficient (Wildman–Crippen LogP) is 3.99. The fourth-order valence-electron chi connectivity index (χ4n) is 3.64. The quantitative estimate of drug-likeness (QED) is 0.904. The number of hydrogen-bond donors (Lipinski definition) is 1. The molecule has 1 aliphatic carbocycles. The van der Waals surface area contributed by atoms with E-state index < -0.39 is 18.0 Å².